The van der Waals surface area contributed by atoms with Crippen LogP contribution in [0, 0.1) is 5.92 Å². The van der Waals surface area contributed by atoms with E-state index in [0.717, 1.165) is 24.8 Å². The molecule has 4 amide bonds. The maximum atomic E-state index is 12.5. The van der Waals surface area contributed by atoms with Crippen LogP contribution in [-0.4, -0.2) is 41.9 Å². The van der Waals surface area contributed by atoms with E-state index in [1.165, 1.54) is 11.3 Å². The Morgan fingerprint density at radius 1 is 1.20 bits per heavy atom. The van der Waals surface area contributed by atoms with Gasteiger partial charge in [0, 0.05) is 11.6 Å². The number of rotatable bonds is 5. The summed E-state index contributed by atoms with van der Waals surface area (Å²) in [4.78, 5) is 36.8. The zero-order chi connectivity index (χ0) is 17.8. The molecular weight excluding hydrogens is 320 g/mol. The van der Waals surface area contributed by atoms with Crippen LogP contribution in [0.5, 0.6) is 0 Å². The molecule has 1 heterocycles. The Kier molecular flexibility index (Phi) is 5.33. The molecule has 3 rings (SSSR count). The molecule has 0 aromatic heterocycles. The van der Waals surface area contributed by atoms with Crippen LogP contribution in [0.1, 0.15) is 41.6 Å². The van der Waals surface area contributed by atoms with Crippen molar-refractivity contribution in [3.05, 3.63) is 35.4 Å². The summed E-state index contributed by atoms with van der Waals surface area (Å²) in [5.74, 6) is 0.000464. The van der Waals surface area contributed by atoms with Gasteiger partial charge in [-0.3, -0.25) is 14.5 Å². The van der Waals surface area contributed by atoms with Crippen LogP contribution in [0.3, 0.4) is 0 Å². The van der Waals surface area contributed by atoms with Gasteiger partial charge in [0.25, 0.3) is 5.91 Å². The van der Waals surface area contributed by atoms with Crippen molar-refractivity contribution in [3.8, 4) is 0 Å². The van der Waals surface area contributed by atoms with Gasteiger partial charge in [-0.1, -0.05) is 25.0 Å². The molecule has 7 heteroatoms. The van der Waals surface area contributed by atoms with Crippen LogP contribution in [0.2, 0.25) is 0 Å². The van der Waals surface area contributed by atoms with Crippen molar-refractivity contribution < 1.29 is 14.4 Å². The van der Waals surface area contributed by atoms with Gasteiger partial charge in [0.05, 0.1) is 13.1 Å². The summed E-state index contributed by atoms with van der Waals surface area (Å²) >= 11 is 0. The van der Waals surface area contributed by atoms with Crippen LogP contribution in [-0.2, 0) is 11.3 Å². The van der Waals surface area contributed by atoms with Gasteiger partial charge < -0.3 is 16.4 Å². The number of nitrogens with one attached hydrogen (secondary N) is 2. The van der Waals surface area contributed by atoms with Gasteiger partial charge in [0.2, 0.25) is 5.91 Å². The number of imide groups is 1. The fourth-order valence-corrected chi connectivity index (χ4v) is 3.49. The maximum absolute atomic E-state index is 12.5. The van der Waals surface area contributed by atoms with E-state index in [-0.39, 0.29) is 37.0 Å². The molecule has 7 nitrogen and oxygen atoms in total. The van der Waals surface area contributed by atoms with Gasteiger partial charge >= 0.3 is 6.03 Å². The standard InChI is InChI=1S/C18H24N4O3/c19-9-14-3-1-2-4-15(14)21-17(24)13-7-5-12(6-8-13)11-22-16(23)10-20-18(22)25/h5-8,14-15H,1-4,9-11,19H2,(H,20,25)(H,21,24). The van der Waals surface area contributed by atoms with Crippen molar-refractivity contribution in [3.63, 3.8) is 0 Å². The third-order valence-corrected chi connectivity index (χ3v) is 5.02. The van der Waals surface area contributed by atoms with Crippen LogP contribution in [0.25, 0.3) is 0 Å². The highest BCUT2D eigenvalue weighted by atomic mass is 16.2. The van der Waals surface area contributed by atoms with Crippen LogP contribution >= 0.6 is 0 Å². The summed E-state index contributed by atoms with van der Waals surface area (Å²) in [5.41, 5.74) is 7.19. The van der Waals surface area contributed by atoms with Crippen molar-refractivity contribution in [1.29, 1.82) is 0 Å². The molecule has 0 spiro atoms. The van der Waals surface area contributed by atoms with Gasteiger partial charge in [-0.2, -0.15) is 0 Å². The normalized spacial score (nSPS) is 23.5. The number of nitrogens with zero attached hydrogens (tertiary/aromatic N) is 1. The lowest BCUT2D eigenvalue weighted by Crippen LogP contribution is -2.44. The first-order valence-electron chi connectivity index (χ1n) is 8.76. The minimum absolute atomic E-state index is 0.0447. The highest BCUT2D eigenvalue weighted by molar-refractivity contribution is 6.01. The lowest BCUT2D eigenvalue weighted by atomic mass is 9.84. The molecule has 25 heavy (non-hydrogen) atoms. The summed E-state index contributed by atoms with van der Waals surface area (Å²) in [7, 11) is 0. The number of hydrogen-bond donors (Lipinski definition) is 3. The molecule has 2 unspecified atom stereocenters. The first-order valence-corrected chi connectivity index (χ1v) is 8.76. The predicted octanol–water partition coefficient (Wildman–Crippen LogP) is 0.986. The minimum Gasteiger partial charge on any atom is -0.349 e. The first-order chi connectivity index (χ1) is 12.1. The molecular formula is C18H24N4O3. The second-order valence-corrected chi connectivity index (χ2v) is 6.70. The quantitative estimate of drug-likeness (QED) is 0.693. The summed E-state index contributed by atoms with van der Waals surface area (Å²) in [6, 6.07) is 6.76. The van der Waals surface area contributed by atoms with Crippen LogP contribution in [0.15, 0.2) is 24.3 Å². The van der Waals surface area contributed by atoms with Gasteiger partial charge in [-0.15, -0.1) is 0 Å². The zero-order valence-electron chi connectivity index (χ0n) is 14.2. The van der Waals surface area contributed by atoms with Crippen LogP contribution in [0.4, 0.5) is 4.79 Å². The van der Waals surface area contributed by atoms with E-state index in [2.05, 4.69) is 10.6 Å². The summed E-state index contributed by atoms with van der Waals surface area (Å²) < 4.78 is 0. The van der Waals surface area contributed by atoms with E-state index in [1.54, 1.807) is 24.3 Å². The Labute approximate surface area is 146 Å². The summed E-state index contributed by atoms with van der Waals surface area (Å²) in [5, 5.41) is 5.58. The van der Waals surface area contributed by atoms with Crippen molar-refractivity contribution in [2.24, 2.45) is 11.7 Å². The molecule has 1 saturated carbocycles. The third-order valence-electron chi connectivity index (χ3n) is 5.02. The van der Waals surface area contributed by atoms with Crippen molar-refractivity contribution in [1.82, 2.24) is 15.5 Å². The van der Waals surface area contributed by atoms with E-state index in [9.17, 15) is 14.4 Å². The van der Waals surface area contributed by atoms with Crippen LogP contribution < -0.4 is 16.4 Å². The Bertz CT molecular complexity index is 643. The molecule has 0 radical (unpaired) electrons. The monoisotopic (exact) mass is 344 g/mol. The highest BCUT2D eigenvalue weighted by Gasteiger charge is 2.28. The highest BCUT2D eigenvalue weighted by Crippen LogP contribution is 2.24. The van der Waals surface area contributed by atoms with Crippen molar-refractivity contribution in [2.75, 3.05) is 13.1 Å². The number of amides is 4. The van der Waals surface area contributed by atoms with Gasteiger partial charge in [-0.25, -0.2) is 4.79 Å². The van der Waals surface area contributed by atoms with E-state index < -0.39 is 0 Å². The zero-order valence-corrected chi connectivity index (χ0v) is 14.2. The van der Waals surface area contributed by atoms with Crippen molar-refractivity contribution in [2.45, 2.75) is 38.3 Å². The van der Waals surface area contributed by atoms with E-state index in [4.69, 9.17) is 5.73 Å². The second-order valence-electron chi connectivity index (χ2n) is 6.70. The fourth-order valence-electron chi connectivity index (χ4n) is 3.49. The number of carbonyl (C=O) groups excluding carboxylic acids is 3. The molecule has 1 aliphatic heterocycles. The number of benzene rings is 1. The molecule has 2 atom stereocenters. The predicted molar refractivity (Wildman–Crippen MR) is 92.7 cm³/mol. The molecule has 4 N–H and O–H groups in total. The van der Waals surface area contributed by atoms with E-state index in [1.807, 2.05) is 0 Å². The Morgan fingerprint density at radius 2 is 1.92 bits per heavy atom. The average Bonchev–Trinajstić information content (AvgIpc) is 2.94. The SMILES string of the molecule is NCC1CCCCC1NC(=O)c1ccc(CN2C(=O)CNC2=O)cc1. The molecule has 2 fully saturated rings. The second kappa shape index (κ2) is 7.65. The first kappa shape index (κ1) is 17.4. The van der Waals surface area contributed by atoms with Gasteiger partial charge in [0.15, 0.2) is 0 Å². The number of urea groups is 1. The third kappa shape index (κ3) is 3.99. The Balaban J connectivity index is 1.60. The van der Waals surface area contributed by atoms with E-state index in [0.29, 0.717) is 18.0 Å². The smallest absolute Gasteiger partial charge is 0.324 e. The largest absolute Gasteiger partial charge is 0.349 e. The van der Waals surface area contributed by atoms with Crippen molar-refractivity contribution >= 4 is 17.8 Å². The maximum Gasteiger partial charge on any atom is 0.324 e. The number of hydrogen-bond acceptors (Lipinski definition) is 4. The fraction of sp³-hybridized carbons (Fsp3) is 0.500. The van der Waals surface area contributed by atoms with Gasteiger partial charge in [-0.05, 0) is 43.0 Å². The molecule has 0 bridgehead atoms. The minimum atomic E-state index is -0.378. The lowest BCUT2D eigenvalue weighted by Gasteiger charge is -2.31. The van der Waals surface area contributed by atoms with Gasteiger partial charge in [0.1, 0.15) is 0 Å². The molecule has 1 aliphatic carbocycles. The topological polar surface area (TPSA) is 105 Å². The molecule has 134 valence electrons. The number of nitrogens with two attached hydrogens (primary N) is 1. The molecule has 1 aromatic rings. The summed E-state index contributed by atoms with van der Waals surface area (Å²) in [6.45, 7) is 0.850. The molecule has 1 saturated heterocycles. The Hall–Kier alpha value is -2.41. The summed E-state index contributed by atoms with van der Waals surface area (Å²) in [6.07, 6.45) is 4.32. The molecule has 1 aromatic carbocycles. The number of carbonyl (C=O) groups is 3. The lowest BCUT2D eigenvalue weighted by molar-refractivity contribution is -0.125. The molecule has 2 aliphatic rings. The van der Waals surface area contributed by atoms with E-state index >= 15 is 0 Å². The average molecular weight is 344 g/mol. The Morgan fingerprint density at radius 3 is 2.56 bits per heavy atom.